The second-order valence-electron chi connectivity index (χ2n) is 4.89. The highest BCUT2D eigenvalue weighted by Crippen LogP contribution is 2.18. The summed E-state index contributed by atoms with van der Waals surface area (Å²) in [6.45, 7) is 3.02. The van der Waals surface area contributed by atoms with Crippen molar-refractivity contribution in [1.29, 1.82) is 0 Å². The van der Waals surface area contributed by atoms with Crippen LogP contribution < -0.4 is 5.32 Å². The van der Waals surface area contributed by atoms with Gasteiger partial charge in [-0.2, -0.15) is 0 Å². The molecule has 0 radical (unpaired) electrons. The van der Waals surface area contributed by atoms with Gasteiger partial charge in [0.25, 0.3) is 0 Å². The van der Waals surface area contributed by atoms with Gasteiger partial charge in [-0.1, -0.05) is 17.9 Å². The quantitative estimate of drug-likeness (QED) is 0.806. The molecule has 1 atom stereocenters. The Morgan fingerprint density at radius 3 is 3.10 bits per heavy atom. The Kier molecular flexibility index (Phi) is 5.16. The lowest BCUT2D eigenvalue weighted by molar-refractivity contribution is -0.123. The lowest BCUT2D eigenvalue weighted by atomic mass is 10.0. The van der Waals surface area contributed by atoms with Crippen molar-refractivity contribution in [3.05, 3.63) is 29.3 Å². The number of amides is 1. The Morgan fingerprint density at radius 2 is 2.40 bits per heavy atom. The molecular formula is C16H19NO3. The normalized spacial score (nSPS) is 18.0. The predicted octanol–water partition coefficient (Wildman–Crippen LogP) is 1.70. The van der Waals surface area contributed by atoms with Crippen LogP contribution >= 0.6 is 0 Å². The summed E-state index contributed by atoms with van der Waals surface area (Å²) < 4.78 is 5.33. The molecule has 0 spiro atoms. The van der Waals surface area contributed by atoms with Gasteiger partial charge in [0.2, 0.25) is 5.91 Å². The molecule has 1 unspecified atom stereocenters. The zero-order valence-corrected chi connectivity index (χ0v) is 11.6. The first kappa shape index (κ1) is 14.6. The van der Waals surface area contributed by atoms with Crippen LogP contribution in [0.2, 0.25) is 0 Å². The summed E-state index contributed by atoms with van der Waals surface area (Å²) in [4.78, 5) is 12.1. The van der Waals surface area contributed by atoms with E-state index in [2.05, 4.69) is 17.2 Å². The van der Waals surface area contributed by atoms with Crippen molar-refractivity contribution in [2.45, 2.75) is 19.8 Å². The van der Waals surface area contributed by atoms with Crippen molar-refractivity contribution in [1.82, 2.24) is 0 Å². The van der Waals surface area contributed by atoms with Crippen LogP contribution in [0.3, 0.4) is 0 Å². The summed E-state index contributed by atoms with van der Waals surface area (Å²) in [5.41, 5.74) is 2.56. The maximum Gasteiger partial charge on any atom is 0.229 e. The molecule has 106 valence electrons. The average Bonchev–Trinajstić information content (AvgIpc) is 2.48. The highest BCUT2D eigenvalue weighted by Gasteiger charge is 2.21. The van der Waals surface area contributed by atoms with Crippen LogP contribution in [0.5, 0.6) is 0 Å². The number of rotatable bonds is 2. The van der Waals surface area contributed by atoms with Crippen LogP contribution in [0.1, 0.15) is 24.0 Å². The molecule has 0 aliphatic carbocycles. The molecule has 4 heteroatoms. The molecule has 0 aromatic heterocycles. The third-order valence-corrected chi connectivity index (χ3v) is 3.34. The molecule has 2 rings (SSSR count). The highest BCUT2D eigenvalue weighted by molar-refractivity contribution is 5.92. The van der Waals surface area contributed by atoms with Gasteiger partial charge < -0.3 is 15.2 Å². The fourth-order valence-corrected chi connectivity index (χ4v) is 2.16. The summed E-state index contributed by atoms with van der Waals surface area (Å²) in [7, 11) is 0. The minimum atomic E-state index is -0.171. The minimum absolute atomic E-state index is 0.00498. The van der Waals surface area contributed by atoms with E-state index in [1.54, 1.807) is 0 Å². The van der Waals surface area contributed by atoms with E-state index in [-0.39, 0.29) is 18.4 Å². The van der Waals surface area contributed by atoms with Crippen LogP contribution in [0, 0.1) is 24.7 Å². The largest absolute Gasteiger partial charge is 0.384 e. The summed E-state index contributed by atoms with van der Waals surface area (Å²) in [5.74, 6) is 5.42. The van der Waals surface area contributed by atoms with E-state index in [0.29, 0.717) is 6.61 Å². The van der Waals surface area contributed by atoms with Gasteiger partial charge in [-0.25, -0.2) is 0 Å². The van der Waals surface area contributed by atoms with Crippen LogP contribution in [-0.2, 0) is 9.53 Å². The molecule has 1 aromatic rings. The number of carbonyl (C=O) groups excluding carboxylic acids is 1. The summed E-state index contributed by atoms with van der Waals surface area (Å²) in [6.07, 6.45) is 1.80. The molecule has 1 aliphatic rings. The topological polar surface area (TPSA) is 58.6 Å². The molecule has 1 aliphatic heterocycles. The number of hydrogen-bond acceptors (Lipinski definition) is 3. The summed E-state index contributed by atoms with van der Waals surface area (Å²) in [5, 5.41) is 11.7. The first-order chi connectivity index (χ1) is 9.70. The SMILES string of the molecule is Cc1ccc(NC(=O)C2CCCOC2)cc1C#CCO. The van der Waals surface area contributed by atoms with Crippen LogP contribution in [0.15, 0.2) is 18.2 Å². The Morgan fingerprint density at radius 1 is 1.55 bits per heavy atom. The van der Waals surface area contributed by atoms with Crippen molar-refractivity contribution < 1.29 is 14.6 Å². The third-order valence-electron chi connectivity index (χ3n) is 3.34. The van der Waals surface area contributed by atoms with Crippen molar-refractivity contribution in [2.24, 2.45) is 5.92 Å². The van der Waals surface area contributed by atoms with E-state index in [1.165, 1.54) is 0 Å². The number of aliphatic hydroxyl groups is 1. The Balaban J connectivity index is 2.07. The molecule has 1 fully saturated rings. The molecule has 1 aromatic carbocycles. The van der Waals surface area contributed by atoms with Gasteiger partial charge in [0, 0.05) is 17.9 Å². The minimum Gasteiger partial charge on any atom is -0.384 e. The van der Waals surface area contributed by atoms with Crippen molar-refractivity contribution in [3.63, 3.8) is 0 Å². The van der Waals surface area contributed by atoms with Crippen LogP contribution in [-0.4, -0.2) is 30.8 Å². The van der Waals surface area contributed by atoms with Crippen molar-refractivity contribution in [2.75, 3.05) is 25.1 Å². The third kappa shape index (κ3) is 3.83. The molecule has 0 bridgehead atoms. The molecule has 1 saturated heterocycles. The van der Waals surface area contributed by atoms with Gasteiger partial charge in [0.15, 0.2) is 0 Å². The monoisotopic (exact) mass is 273 g/mol. The Hall–Kier alpha value is -1.83. The summed E-state index contributed by atoms with van der Waals surface area (Å²) >= 11 is 0. The number of aryl methyl sites for hydroxylation is 1. The lowest BCUT2D eigenvalue weighted by Gasteiger charge is -2.21. The van der Waals surface area contributed by atoms with Gasteiger partial charge in [-0.15, -0.1) is 0 Å². The number of benzene rings is 1. The maximum atomic E-state index is 12.1. The van der Waals surface area contributed by atoms with Crippen molar-refractivity contribution in [3.8, 4) is 11.8 Å². The fourth-order valence-electron chi connectivity index (χ4n) is 2.16. The number of aliphatic hydroxyl groups excluding tert-OH is 1. The van der Waals surface area contributed by atoms with E-state index >= 15 is 0 Å². The number of hydrogen-bond donors (Lipinski definition) is 2. The molecule has 2 N–H and O–H groups in total. The number of ether oxygens (including phenoxy) is 1. The van der Waals surface area contributed by atoms with E-state index in [0.717, 1.165) is 36.3 Å². The predicted molar refractivity (Wildman–Crippen MR) is 77.3 cm³/mol. The number of anilines is 1. The van der Waals surface area contributed by atoms with Gasteiger partial charge >= 0.3 is 0 Å². The van der Waals surface area contributed by atoms with E-state index in [9.17, 15) is 4.79 Å². The number of nitrogens with one attached hydrogen (secondary N) is 1. The van der Waals surface area contributed by atoms with Crippen molar-refractivity contribution >= 4 is 11.6 Å². The molecule has 0 saturated carbocycles. The highest BCUT2D eigenvalue weighted by atomic mass is 16.5. The smallest absolute Gasteiger partial charge is 0.229 e. The second kappa shape index (κ2) is 7.09. The molecule has 1 amide bonds. The van der Waals surface area contributed by atoms with E-state index in [4.69, 9.17) is 9.84 Å². The van der Waals surface area contributed by atoms with Gasteiger partial charge in [-0.05, 0) is 37.5 Å². The van der Waals surface area contributed by atoms with Gasteiger partial charge in [0.05, 0.1) is 12.5 Å². The molecule has 20 heavy (non-hydrogen) atoms. The summed E-state index contributed by atoms with van der Waals surface area (Å²) in [6, 6.07) is 5.61. The van der Waals surface area contributed by atoms with Gasteiger partial charge in [0.1, 0.15) is 6.61 Å². The lowest BCUT2D eigenvalue weighted by Crippen LogP contribution is -2.30. The average molecular weight is 273 g/mol. The maximum absolute atomic E-state index is 12.1. The van der Waals surface area contributed by atoms with Crippen LogP contribution in [0.4, 0.5) is 5.69 Å². The molecular weight excluding hydrogens is 254 g/mol. The molecule has 1 heterocycles. The Labute approximate surface area is 119 Å². The van der Waals surface area contributed by atoms with E-state index < -0.39 is 0 Å². The van der Waals surface area contributed by atoms with Crippen LogP contribution in [0.25, 0.3) is 0 Å². The first-order valence-corrected chi connectivity index (χ1v) is 6.79. The second-order valence-corrected chi connectivity index (χ2v) is 4.89. The van der Waals surface area contributed by atoms with Gasteiger partial charge in [-0.3, -0.25) is 4.79 Å². The fraction of sp³-hybridized carbons (Fsp3) is 0.438. The molecule has 4 nitrogen and oxygen atoms in total. The standard InChI is InChI=1S/C16H19NO3/c1-12-6-7-15(10-13(12)4-2-8-18)17-16(19)14-5-3-9-20-11-14/h6-7,10,14,18H,3,5,8-9,11H2,1H3,(H,17,19). The zero-order chi connectivity index (χ0) is 14.4. The zero-order valence-electron chi connectivity index (χ0n) is 11.6. The first-order valence-electron chi connectivity index (χ1n) is 6.79. The Bertz CT molecular complexity index is 536. The number of carbonyl (C=O) groups is 1. The van der Waals surface area contributed by atoms with E-state index in [1.807, 2.05) is 25.1 Å².